The van der Waals surface area contributed by atoms with Gasteiger partial charge in [-0.3, -0.25) is 4.79 Å². The molecule has 3 aromatic carbocycles. The molecule has 6 aromatic rings. The van der Waals surface area contributed by atoms with Crippen molar-refractivity contribution in [2.45, 2.75) is 90.7 Å². The fourth-order valence-corrected chi connectivity index (χ4v) is 9.21. The van der Waals surface area contributed by atoms with Gasteiger partial charge in [0.05, 0.1) is 60.3 Å². The Morgan fingerprint density at radius 3 is 2.43 bits per heavy atom. The van der Waals surface area contributed by atoms with Crippen LogP contribution in [0.25, 0.3) is 21.1 Å². The van der Waals surface area contributed by atoms with Gasteiger partial charge in [-0.1, -0.05) is 12.1 Å². The van der Waals surface area contributed by atoms with Gasteiger partial charge in [-0.05, 0) is 99.9 Å². The minimum Gasteiger partial charge on any atom is -0.497 e. The maximum Gasteiger partial charge on any atom is 0.410 e. The number of amides is 2. The summed E-state index contributed by atoms with van der Waals surface area (Å²) in [5.74, 6) is 3.61. The van der Waals surface area contributed by atoms with Gasteiger partial charge in [-0.15, -0.1) is 11.3 Å². The lowest BCUT2D eigenvalue weighted by molar-refractivity contribution is 0.0184. The van der Waals surface area contributed by atoms with E-state index in [1.165, 1.54) is 0 Å². The molecule has 1 saturated heterocycles. The van der Waals surface area contributed by atoms with Crippen molar-refractivity contribution in [3.63, 3.8) is 0 Å². The number of rotatable bonds is 12. The maximum absolute atomic E-state index is 14.5. The largest absolute Gasteiger partial charge is 0.497 e. The summed E-state index contributed by atoms with van der Waals surface area (Å²) in [6, 6.07) is 18.1. The van der Waals surface area contributed by atoms with E-state index in [0.717, 1.165) is 109 Å². The zero-order valence-electron chi connectivity index (χ0n) is 35.3. The number of hydrogen-bond donors (Lipinski definition) is 1. The quantitative estimate of drug-likeness (QED) is 0.126. The van der Waals surface area contributed by atoms with Gasteiger partial charge >= 0.3 is 6.09 Å². The van der Waals surface area contributed by atoms with E-state index in [2.05, 4.69) is 39.6 Å². The Hall–Kier alpha value is -5.86. The number of anilines is 2. The molecule has 0 atom stereocenters. The third kappa shape index (κ3) is 8.96. The van der Waals surface area contributed by atoms with Crippen molar-refractivity contribution in [1.29, 1.82) is 0 Å². The monoisotopic (exact) mass is 841 g/mol. The number of carbonyl (C=O) groups excluding carboxylic acids is 2. The van der Waals surface area contributed by atoms with Crippen molar-refractivity contribution >= 4 is 56.0 Å². The van der Waals surface area contributed by atoms with Crippen LogP contribution in [-0.2, 0) is 42.2 Å². The summed E-state index contributed by atoms with van der Waals surface area (Å²) in [7, 11) is 3.29. The molecule has 1 N–H and O–H groups in total. The first-order valence-electron chi connectivity index (χ1n) is 21.0. The summed E-state index contributed by atoms with van der Waals surface area (Å²) < 4.78 is 23.7. The highest BCUT2D eigenvalue weighted by Crippen LogP contribution is 2.38. The summed E-state index contributed by atoms with van der Waals surface area (Å²) in [4.78, 5) is 50.1. The highest BCUT2D eigenvalue weighted by molar-refractivity contribution is 7.18. The van der Waals surface area contributed by atoms with E-state index in [1.54, 1.807) is 42.8 Å². The molecule has 1 aliphatic carbocycles. The molecule has 14 heteroatoms. The molecule has 5 heterocycles. The highest BCUT2D eigenvalue weighted by atomic mass is 32.1. The zero-order valence-corrected chi connectivity index (χ0v) is 36.1. The van der Waals surface area contributed by atoms with Crippen LogP contribution >= 0.6 is 11.3 Å². The second-order valence-corrected chi connectivity index (χ2v) is 18.3. The number of pyridine rings is 1. The number of likely N-dealkylation sites (tertiary alicyclic amines) is 1. The van der Waals surface area contributed by atoms with Crippen LogP contribution in [0.3, 0.4) is 0 Å². The lowest BCUT2D eigenvalue weighted by Crippen LogP contribution is -2.42. The molecule has 2 fully saturated rings. The highest BCUT2D eigenvalue weighted by Gasteiger charge is 2.30. The van der Waals surface area contributed by atoms with Gasteiger partial charge < -0.3 is 34.1 Å². The molecule has 0 bridgehead atoms. The number of benzene rings is 3. The number of fused-ring (bicyclic) bond motifs is 4. The number of aromatic nitrogens is 4. The molecule has 2 amide bonds. The predicted octanol–water partition coefficient (Wildman–Crippen LogP) is 9.21. The third-order valence-electron chi connectivity index (χ3n) is 11.6. The number of ether oxygens (including phenoxy) is 4. The number of nitrogens with zero attached hydrogens (tertiary/aromatic N) is 6. The second kappa shape index (κ2) is 16.9. The topological polar surface area (TPSA) is 141 Å². The first-order valence-corrected chi connectivity index (χ1v) is 21.8. The molecule has 0 radical (unpaired) electrons. The molecule has 9 rings (SSSR count). The van der Waals surface area contributed by atoms with E-state index in [-0.39, 0.29) is 12.0 Å². The summed E-state index contributed by atoms with van der Waals surface area (Å²) >= 11 is 1.69. The first-order chi connectivity index (χ1) is 29.5. The number of piperidine rings is 1. The van der Waals surface area contributed by atoms with Crippen LogP contribution in [0.2, 0.25) is 0 Å². The van der Waals surface area contributed by atoms with Crippen LogP contribution in [0.15, 0.2) is 67.0 Å². The van der Waals surface area contributed by atoms with E-state index in [4.69, 9.17) is 28.9 Å². The minimum absolute atomic E-state index is 0.194. The lowest BCUT2D eigenvalue weighted by atomic mass is 9.94. The van der Waals surface area contributed by atoms with Crippen LogP contribution < -0.4 is 19.7 Å². The lowest BCUT2D eigenvalue weighted by Gasteiger charge is -2.33. The molecule has 2 aliphatic heterocycles. The van der Waals surface area contributed by atoms with Gasteiger partial charge in [0.2, 0.25) is 0 Å². The fourth-order valence-electron chi connectivity index (χ4n) is 8.15. The van der Waals surface area contributed by atoms with Crippen LogP contribution in [0.5, 0.6) is 11.5 Å². The van der Waals surface area contributed by atoms with Crippen LogP contribution in [-0.4, -0.2) is 69.7 Å². The van der Waals surface area contributed by atoms with Gasteiger partial charge in [0, 0.05) is 72.6 Å². The standard InChI is InChI=1S/C47H51N7O6S/c1-47(2,3)60-46(56)53-16-14-28(15-17-53)19-42-51-39-20-33(10-13-41(39)61-42)54(45(55)32-23-48-43(49-24-32)30-7-8-30)25-29-6-12-35-36-26-59-27-37(36)44(52-38(35)18-29)50-22-31-9-11-34(57-4)21-40(31)58-5/h6,9-13,18,20-21,23-24,28,30H,7-8,14-17,19,22,25-27H2,1-5H3,(H,50,52). The third-order valence-corrected chi connectivity index (χ3v) is 12.7. The van der Waals surface area contributed by atoms with Crippen molar-refractivity contribution in [2.75, 3.05) is 37.5 Å². The summed E-state index contributed by atoms with van der Waals surface area (Å²) in [5, 5.41) is 5.63. The van der Waals surface area contributed by atoms with Gasteiger partial charge in [0.15, 0.2) is 0 Å². The normalized spacial score (nSPS) is 15.5. The molecule has 3 aliphatic rings. The molecule has 0 spiro atoms. The Morgan fingerprint density at radius 2 is 1.69 bits per heavy atom. The Labute approximate surface area is 359 Å². The van der Waals surface area contributed by atoms with Gasteiger partial charge in [-0.2, -0.15) is 0 Å². The molecule has 316 valence electrons. The van der Waals surface area contributed by atoms with Crippen molar-refractivity contribution in [1.82, 2.24) is 24.8 Å². The van der Waals surface area contributed by atoms with E-state index in [0.29, 0.717) is 56.8 Å². The summed E-state index contributed by atoms with van der Waals surface area (Å²) in [6.45, 7) is 8.79. The number of methoxy groups -OCH3 is 2. The number of nitrogens with one attached hydrogen (secondary N) is 1. The van der Waals surface area contributed by atoms with E-state index in [9.17, 15) is 9.59 Å². The van der Waals surface area contributed by atoms with Gasteiger partial charge in [0.25, 0.3) is 5.91 Å². The average Bonchev–Trinajstić information content (AvgIpc) is 3.85. The SMILES string of the molecule is COc1ccc(CNc2nc3cc(CN(C(=O)c4cnc(C5CC5)nc4)c4ccc5sc(CC6CCN(C(=O)OC(C)(C)C)CC6)nc5c4)ccc3c3c2COC3)c(OC)c1. The Bertz CT molecular complexity index is 2600. The predicted molar refractivity (Wildman–Crippen MR) is 235 cm³/mol. The van der Waals surface area contributed by atoms with Crippen molar-refractivity contribution in [3.8, 4) is 11.5 Å². The first kappa shape index (κ1) is 40.5. The fraction of sp³-hybridized carbons (Fsp3) is 0.404. The average molecular weight is 842 g/mol. The Morgan fingerprint density at radius 1 is 0.902 bits per heavy atom. The zero-order chi connectivity index (χ0) is 42.3. The van der Waals surface area contributed by atoms with Gasteiger partial charge in [0.1, 0.15) is 28.7 Å². The molecule has 3 aromatic heterocycles. The van der Waals surface area contributed by atoms with Crippen LogP contribution in [0.1, 0.15) is 95.8 Å². The van der Waals surface area contributed by atoms with Crippen LogP contribution in [0.4, 0.5) is 16.3 Å². The number of thiazole rings is 1. The molecule has 61 heavy (non-hydrogen) atoms. The van der Waals surface area contributed by atoms with Gasteiger partial charge in [-0.25, -0.2) is 24.7 Å². The van der Waals surface area contributed by atoms with Crippen molar-refractivity contribution in [3.05, 3.63) is 106 Å². The number of carbonyl (C=O) groups is 2. The Kier molecular flexibility index (Phi) is 11.2. The molecule has 1 saturated carbocycles. The number of hydrogen-bond acceptors (Lipinski definition) is 12. The van der Waals surface area contributed by atoms with Crippen molar-refractivity contribution in [2.24, 2.45) is 5.92 Å². The van der Waals surface area contributed by atoms with E-state index >= 15 is 0 Å². The maximum atomic E-state index is 14.5. The van der Waals surface area contributed by atoms with E-state index in [1.807, 2.05) is 56.0 Å². The molecule has 0 unspecified atom stereocenters. The molecular formula is C47H51N7O6S. The van der Waals surface area contributed by atoms with Crippen molar-refractivity contribution < 1.29 is 28.5 Å². The smallest absolute Gasteiger partial charge is 0.410 e. The van der Waals surface area contributed by atoms with E-state index < -0.39 is 5.60 Å². The summed E-state index contributed by atoms with van der Waals surface area (Å²) in [5.41, 5.74) is 6.35. The molecular weight excluding hydrogens is 791 g/mol. The van der Waals surface area contributed by atoms with Crippen LogP contribution in [0, 0.1) is 5.92 Å². The molecule has 13 nitrogen and oxygen atoms in total. The minimum atomic E-state index is -0.512. The summed E-state index contributed by atoms with van der Waals surface area (Å²) in [6.07, 6.45) is 7.87. The second-order valence-electron chi connectivity index (χ2n) is 17.2. The Balaban J connectivity index is 0.978.